The zero-order valence-electron chi connectivity index (χ0n) is 23.9. The van der Waals surface area contributed by atoms with Crippen LogP contribution in [-0.4, -0.2) is 64.9 Å². The molecule has 1 saturated heterocycles. The molecule has 12 nitrogen and oxygen atoms in total. The number of rotatable bonds is 5. The lowest BCUT2D eigenvalue weighted by atomic mass is 9.80. The summed E-state index contributed by atoms with van der Waals surface area (Å²) in [6, 6.07) is 24.8. The van der Waals surface area contributed by atoms with Gasteiger partial charge in [-0.2, -0.15) is 4.68 Å². The molecule has 4 aromatic rings. The van der Waals surface area contributed by atoms with Gasteiger partial charge in [-0.1, -0.05) is 84.1 Å². The third-order valence-corrected chi connectivity index (χ3v) is 8.33. The Morgan fingerprint density at radius 2 is 1.53 bits per heavy atom. The summed E-state index contributed by atoms with van der Waals surface area (Å²) in [6.07, 6.45) is 2.36. The fourth-order valence-electron chi connectivity index (χ4n) is 5.40. The smallest absolute Gasteiger partial charge is 0.324 e. The van der Waals surface area contributed by atoms with Gasteiger partial charge in [0.15, 0.2) is 0 Å². The van der Waals surface area contributed by atoms with Gasteiger partial charge in [0.1, 0.15) is 0 Å². The molecular formula is C30H29N7O5S. The molecule has 6 rings (SSSR count). The van der Waals surface area contributed by atoms with Crippen LogP contribution in [0.15, 0.2) is 94.7 Å². The fraction of sp³-hybridized carbons (Fsp3) is 0.200. The van der Waals surface area contributed by atoms with Crippen molar-refractivity contribution < 1.29 is 14.5 Å². The molecule has 1 aromatic heterocycles. The largest absolute Gasteiger partial charge is 0.351 e. The van der Waals surface area contributed by atoms with Crippen LogP contribution in [0.2, 0.25) is 0 Å². The maximum atomic E-state index is 13.7. The lowest BCUT2D eigenvalue weighted by Gasteiger charge is -2.49. The molecule has 2 atom stereocenters. The predicted molar refractivity (Wildman–Crippen MR) is 162 cm³/mol. The average Bonchev–Trinajstić information content (AvgIpc) is 3.41. The maximum absolute atomic E-state index is 13.7. The molecule has 1 N–H and O–H groups in total. The van der Waals surface area contributed by atoms with Gasteiger partial charge in [0, 0.05) is 51.5 Å². The van der Waals surface area contributed by atoms with Crippen LogP contribution in [0.5, 0.6) is 0 Å². The molecule has 2 aliphatic heterocycles. The van der Waals surface area contributed by atoms with E-state index in [1.165, 1.54) is 21.7 Å². The number of nitrogens with zero attached hydrogens (tertiary/aromatic N) is 6. The Morgan fingerprint density at radius 3 is 2.12 bits per heavy atom. The Morgan fingerprint density at radius 1 is 0.930 bits per heavy atom. The highest BCUT2D eigenvalue weighted by molar-refractivity contribution is 7.07. The van der Waals surface area contributed by atoms with E-state index in [-0.39, 0.29) is 17.3 Å². The summed E-state index contributed by atoms with van der Waals surface area (Å²) in [5.41, 5.74) is 2.50. The van der Waals surface area contributed by atoms with Crippen molar-refractivity contribution in [1.82, 2.24) is 19.4 Å². The van der Waals surface area contributed by atoms with Crippen molar-refractivity contribution in [1.29, 1.82) is 0 Å². The normalized spacial score (nSPS) is 20.7. The van der Waals surface area contributed by atoms with Crippen molar-refractivity contribution in [2.45, 2.75) is 11.3 Å². The van der Waals surface area contributed by atoms with E-state index in [4.69, 9.17) is 4.99 Å². The van der Waals surface area contributed by atoms with E-state index in [9.17, 15) is 24.5 Å². The van der Waals surface area contributed by atoms with Gasteiger partial charge in [0.05, 0.1) is 9.46 Å². The number of likely N-dealkylation sites (N-methyl/N-ethyl adjacent to an activating group) is 2. The predicted octanol–water partition coefficient (Wildman–Crippen LogP) is 2.23. The molecule has 0 aliphatic carbocycles. The molecular weight excluding hydrogens is 570 g/mol. The van der Waals surface area contributed by atoms with Gasteiger partial charge in [-0.05, 0) is 11.6 Å². The van der Waals surface area contributed by atoms with E-state index in [1.54, 1.807) is 56.2 Å². The number of carbonyl (C=O) groups is 2. The average molecular weight is 600 g/mol. The van der Waals surface area contributed by atoms with E-state index in [0.717, 1.165) is 28.9 Å². The van der Waals surface area contributed by atoms with Crippen LogP contribution < -0.4 is 20.3 Å². The van der Waals surface area contributed by atoms with Gasteiger partial charge < -0.3 is 4.90 Å². The first kappa shape index (κ1) is 29.2. The van der Waals surface area contributed by atoms with Crippen LogP contribution in [0.1, 0.15) is 16.7 Å². The quantitative estimate of drug-likeness (QED) is 0.213. The van der Waals surface area contributed by atoms with Crippen LogP contribution in [0.4, 0.5) is 10.5 Å². The number of non-ortho nitro benzene ring substituents is 1. The van der Waals surface area contributed by atoms with Crippen LogP contribution in [0.3, 0.4) is 0 Å². The van der Waals surface area contributed by atoms with Crippen LogP contribution >= 0.6 is 11.3 Å². The Kier molecular flexibility index (Phi) is 7.59. The zero-order valence-corrected chi connectivity index (χ0v) is 24.7. The van der Waals surface area contributed by atoms with Gasteiger partial charge in [0.25, 0.3) is 11.2 Å². The van der Waals surface area contributed by atoms with E-state index in [0.29, 0.717) is 14.9 Å². The number of nitro groups is 1. The summed E-state index contributed by atoms with van der Waals surface area (Å²) in [4.78, 5) is 57.6. The molecule has 0 radical (unpaired) electrons. The van der Waals surface area contributed by atoms with Gasteiger partial charge in [0.2, 0.25) is 22.5 Å². The van der Waals surface area contributed by atoms with Gasteiger partial charge in [-0.3, -0.25) is 34.9 Å². The number of urea groups is 1. The third-order valence-electron chi connectivity index (χ3n) is 7.36. The lowest BCUT2D eigenvalue weighted by Crippen LogP contribution is -2.67. The number of aromatic nitrogens is 1. The molecule has 3 heterocycles. The Balaban J connectivity index is 0.000000682. The van der Waals surface area contributed by atoms with Crippen molar-refractivity contribution in [3.63, 3.8) is 0 Å². The molecule has 2 unspecified atom stereocenters. The maximum Gasteiger partial charge on any atom is 0.324 e. The molecule has 0 bridgehead atoms. The zero-order chi connectivity index (χ0) is 30.9. The molecule has 0 saturated carbocycles. The number of amides is 3. The highest BCUT2D eigenvalue weighted by atomic mass is 32.1. The van der Waals surface area contributed by atoms with Crippen molar-refractivity contribution in [3.8, 4) is 0 Å². The Hall–Kier alpha value is -5.30. The fourth-order valence-corrected chi connectivity index (χ4v) is 6.36. The van der Waals surface area contributed by atoms with Crippen molar-refractivity contribution >= 4 is 35.5 Å². The molecule has 220 valence electrons. The number of thiazole rings is 1. The molecule has 3 amide bonds. The molecule has 0 spiro atoms. The van der Waals surface area contributed by atoms with Gasteiger partial charge in [-0.25, -0.2) is 9.79 Å². The monoisotopic (exact) mass is 599 g/mol. The molecule has 13 heteroatoms. The summed E-state index contributed by atoms with van der Waals surface area (Å²) in [5, 5.41) is 11.2. The van der Waals surface area contributed by atoms with Crippen molar-refractivity contribution in [2.75, 3.05) is 33.6 Å². The SMILES string of the molecule is CN(C)C=O.CN1C(=O)N(C)C2(c3ccccc3)Nn3c(s/c(=C/c4cccc([N+](=O)[O-])c4)c3=O)=NC12c1ccccc1. The van der Waals surface area contributed by atoms with Gasteiger partial charge >= 0.3 is 6.03 Å². The highest BCUT2D eigenvalue weighted by Gasteiger charge is 2.69. The number of carbonyl (C=O) groups excluding carboxylic acids is 2. The minimum atomic E-state index is -1.26. The number of hydrogen-bond donors (Lipinski definition) is 1. The second-order valence-corrected chi connectivity index (χ2v) is 11.2. The summed E-state index contributed by atoms with van der Waals surface area (Å²) in [6.45, 7) is 0. The number of benzene rings is 3. The second kappa shape index (κ2) is 11.2. The first-order valence-electron chi connectivity index (χ1n) is 13.2. The summed E-state index contributed by atoms with van der Waals surface area (Å²) < 4.78 is 1.71. The van der Waals surface area contributed by atoms with Crippen LogP contribution in [-0.2, 0) is 16.1 Å². The first-order valence-corrected chi connectivity index (χ1v) is 14.0. The third kappa shape index (κ3) is 4.63. The Bertz CT molecular complexity index is 1880. The standard InChI is InChI=1S/C27H22N6O4S.C3H7NO/c1-30-25(35)31(2)27(20-13-7-4-8-14-20)26(30,19-11-5-3-6-12-19)28-24-32(29-27)23(34)22(38-24)17-18-10-9-15-21(16-18)33(36)37;1-4(2)3-5/h3-17,29H,1-2H3;3H,1-2H3/b22-17+;. The lowest BCUT2D eigenvalue weighted by molar-refractivity contribution is -0.384. The topological polar surface area (TPSA) is 133 Å². The number of hydrogen-bond acceptors (Lipinski definition) is 8. The molecule has 1 fully saturated rings. The van der Waals surface area contributed by atoms with Crippen LogP contribution in [0.25, 0.3) is 6.08 Å². The summed E-state index contributed by atoms with van der Waals surface area (Å²) >= 11 is 1.15. The van der Waals surface area contributed by atoms with E-state index in [1.807, 2.05) is 60.7 Å². The number of fused-ring (bicyclic) bond motifs is 2. The van der Waals surface area contributed by atoms with E-state index >= 15 is 0 Å². The van der Waals surface area contributed by atoms with Gasteiger partial charge in [-0.15, -0.1) is 0 Å². The highest BCUT2D eigenvalue weighted by Crippen LogP contribution is 2.53. The minimum absolute atomic E-state index is 0.0645. The summed E-state index contributed by atoms with van der Waals surface area (Å²) in [7, 11) is 6.77. The summed E-state index contributed by atoms with van der Waals surface area (Å²) in [5.74, 6) is 0. The number of nitro benzene ring substituents is 1. The minimum Gasteiger partial charge on any atom is -0.351 e. The Labute approximate surface area is 250 Å². The van der Waals surface area contributed by atoms with E-state index < -0.39 is 16.2 Å². The number of nitrogens with one attached hydrogen (secondary N) is 1. The molecule has 2 aliphatic rings. The van der Waals surface area contributed by atoms with Crippen molar-refractivity contribution in [2.24, 2.45) is 4.99 Å². The van der Waals surface area contributed by atoms with E-state index in [2.05, 4.69) is 5.43 Å². The first-order chi connectivity index (χ1) is 20.6. The molecule has 3 aromatic carbocycles. The molecule has 43 heavy (non-hydrogen) atoms. The van der Waals surface area contributed by atoms with Crippen LogP contribution in [0, 0.1) is 10.1 Å². The van der Waals surface area contributed by atoms with Crippen molar-refractivity contribution in [3.05, 3.63) is 131 Å². The second-order valence-electron chi connectivity index (χ2n) is 10.2.